The summed E-state index contributed by atoms with van der Waals surface area (Å²) in [6.45, 7) is 10.5. The van der Waals surface area contributed by atoms with Gasteiger partial charge >= 0.3 is 7.82 Å². The molecule has 6 heteroatoms. The fourth-order valence-electron chi connectivity index (χ4n) is 2.70. The van der Waals surface area contributed by atoms with Gasteiger partial charge in [-0.3, -0.25) is 9.05 Å². The van der Waals surface area contributed by atoms with Crippen LogP contribution in [0.4, 0.5) is 0 Å². The Balaban J connectivity index is 0. The summed E-state index contributed by atoms with van der Waals surface area (Å²) in [5.41, 5.74) is -0.655. The third kappa shape index (κ3) is 14.9. The SMILES string of the molecule is CCCCCCCCOP(=O)(O)OC(C)(C)C(C)CCCCCC.N. The summed E-state index contributed by atoms with van der Waals surface area (Å²) in [6, 6.07) is 0. The van der Waals surface area contributed by atoms with Crippen molar-refractivity contribution in [2.75, 3.05) is 6.61 Å². The standard InChI is InChI=1S/C19H41O4P.H3N/c1-6-8-10-12-13-15-17-22-24(20,21)23-19(4,5)18(3)16-14-11-9-7-2;/h18H,6-17H2,1-5H3,(H,20,21);1H3. The van der Waals surface area contributed by atoms with E-state index < -0.39 is 13.4 Å². The van der Waals surface area contributed by atoms with E-state index in [0.717, 1.165) is 32.1 Å². The first kappa shape index (κ1) is 27.3. The molecule has 154 valence electrons. The minimum absolute atomic E-state index is 0. The molecule has 0 aromatic carbocycles. The highest BCUT2D eigenvalue weighted by Gasteiger charge is 2.35. The lowest BCUT2D eigenvalue weighted by atomic mass is 9.88. The number of hydrogen-bond donors (Lipinski definition) is 2. The molecule has 0 heterocycles. The number of unbranched alkanes of at least 4 members (excludes halogenated alkanes) is 8. The molecule has 2 unspecified atom stereocenters. The Kier molecular flexibility index (Phi) is 16.5. The third-order valence-corrected chi connectivity index (χ3v) is 5.99. The van der Waals surface area contributed by atoms with Crippen LogP contribution in [0.1, 0.15) is 105 Å². The molecule has 0 aliphatic heterocycles. The molecule has 2 atom stereocenters. The second-order valence-electron chi connectivity index (χ2n) is 7.51. The van der Waals surface area contributed by atoms with Gasteiger partial charge in [0.05, 0.1) is 12.2 Å². The smallest absolute Gasteiger partial charge is 0.344 e. The Hall–Kier alpha value is 0.0700. The molecule has 0 radical (unpaired) electrons. The van der Waals surface area contributed by atoms with Crippen molar-refractivity contribution >= 4 is 7.82 Å². The van der Waals surface area contributed by atoms with Crippen molar-refractivity contribution in [1.82, 2.24) is 6.15 Å². The maximum Gasteiger partial charge on any atom is 0.472 e. The first-order valence-corrected chi connectivity index (χ1v) is 11.4. The molecule has 4 N–H and O–H groups in total. The predicted octanol–water partition coefficient (Wildman–Crippen LogP) is 7.03. The zero-order chi connectivity index (χ0) is 18.5. The van der Waals surface area contributed by atoms with E-state index >= 15 is 0 Å². The molecule has 5 nitrogen and oxygen atoms in total. The molecule has 0 rings (SSSR count). The van der Waals surface area contributed by atoms with Crippen molar-refractivity contribution in [2.24, 2.45) is 5.92 Å². The highest BCUT2D eigenvalue weighted by molar-refractivity contribution is 7.47. The number of phosphoric acid groups is 1. The van der Waals surface area contributed by atoms with Gasteiger partial charge in [-0.15, -0.1) is 0 Å². The van der Waals surface area contributed by atoms with E-state index in [2.05, 4.69) is 20.8 Å². The first-order chi connectivity index (χ1) is 11.2. The number of rotatable bonds is 16. The Morgan fingerprint density at radius 1 is 0.920 bits per heavy atom. The van der Waals surface area contributed by atoms with E-state index in [1.165, 1.54) is 38.5 Å². The zero-order valence-corrected chi connectivity index (χ0v) is 18.3. The van der Waals surface area contributed by atoms with Crippen LogP contribution in [0, 0.1) is 5.92 Å². The van der Waals surface area contributed by atoms with Crippen LogP contribution in [0.5, 0.6) is 0 Å². The average molecular weight is 382 g/mol. The fraction of sp³-hybridized carbons (Fsp3) is 1.00. The molecule has 0 aromatic heterocycles. The predicted molar refractivity (Wildman–Crippen MR) is 107 cm³/mol. The summed E-state index contributed by atoms with van der Waals surface area (Å²) >= 11 is 0. The monoisotopic (exact) mass is 381 g/mol. The molecule has 0 fully saturated rings. The van der Waals surface area contributed by atoms with Crippen molar-refractivity contribution in [3.05, 3.63) is 0 Å². The van der Waals surface area contributed by atoms with E-state index in [4.69, 9.17) is 9.05 Å². The highest BCUT2D eigenvalue weighted by atomic mass is 31.2. The summed E-state index contributed by atoms with van der Waals surface area (Å²) in [5.74, 6) is 0.215. The van der Waals surface area contributed by atoms with Crippen LogP contribution < -0.4 is 6.15 Å². The number of hydrogen-bond acceptors (Lipinski definition) is 4. The molecular formula is C19H44NO4P. The molecule has 0 aliphatic rings. The summed E-state index contributed by atoms with van der Waals surface area (Å²) < 4.78 is 22.8. The second kappa shape index (κ2) is 15.2. The minimum Gasteiger partial charge on any atom is -0.344 e. The molecule has 0 aliphatic carbocycles. The fourth-order valence-corrected chi connectivity index (χ4v) is 3.89. The van der Waals surface area contributed by atoms with Gasteiger partial charge in [-0.05, 0) is 32.6 Å². The van der Waals surface area contributed by atoms with E-state index in [0.29, 0.717) is 6.61 Å². The summed E-state index contributed by atoms with van der Waals surface area (Å²) in [4.78, 5) is 9.96. The van der Waals surface area contributed by atoms with Crippen molar-refractivity contribution in [2.45, 2.75) is 111 Å². The highest BCUT2D eigenvalue weighted by Crippen LogP contribution is 2.49. The van der Waals surface area contributed by atoms with Gasteiger partial charge in [0, 0.05) is 0 Å². The van der Waals surface area contributed by atoms with Gasteiger partial charge < -0.3 is 11.0 Å². The largest absolute Gasteiger partial charge is 0.472 e. The Labute approximate surface area is 156 Å². The van der Waals surface area contributed by atoms with Gasteiger partial charge in [0.15, 0.2) is 0 Å². The zero-order valence-electron chi connectivity index (χ0n) is 17.4. The lowest BCUT2D eigenvalue weighted by Crippen LogP contribution is -2.32. The van der Waals surface area contributed by atoms with Crippen LogP contribution in [-0.2, 0) is 13.6 Å². The molecule has 0 amide bonds. The van der Waals surface area contributed by atoms with Crippen molar-refractivity contribution in [3.63, 3.8) is 0 Å². The topological polar surface area (TPSA) is 90.8 Å². The number of phosphoric ester groups is 1. The van der Waals surface area contributed by atoms with Crippen molar-refractivity contribution in [1.29, 1.82) is 0 Å². The van der Waals surface area contributed by atoms with Crippen LogP contribution in [-0.4, -0.2) is 17.1 Å². The van der Waals surface area contributed by atoms with Gasteiger partial charge in [-0.1, -0.05) is 78.6 Å². The normalized spacial score (nSPS) is 15.4. The van der Waals surface area contributed by atoms with E-state index in [1.807, 2.05) is 13.8 Å². The van der Waals surface area contributed by atoms with Crippen LogP contribution in [0.2, 0.25) is 0 Å². The quantitative estimate of drug-likeness (QED) is 0.221. The van der Waals surface area contributed by atoms with Gasteiger partial charge in [-0.2, -0.15) is 0 Å². The van der Waals surface area contributed by atoms with Crippen molar-refractivity contribution in [3.8, 4) is 0 Å². The molecular weight excluding hydrogens is 337 g/mol. The van der Waals surface area contributed by atoms with Crippen molar-refractivity contribution < 1.29 is 18.5 Å². The molecule has 0 spiro atoms. The van der Waals surface area contributed by atoms with Crippen LogP contribution >= 0.6 is 7.82 Å². The maximum absolute atomic E-state index is 12.2. The Bertz CT molecular complexity index is 350. The van der Waals surface area contributed by atoms with Crippen LogP contribution in [0.3, 0.4) is 0 Å². The van der Waals surface area contributed by atoms with Crippen LogP contribution in [0.15, 0.2) is 0 Å². The minimum atomic E-state index is -3.97. The van der Waals surface area contributed by atoms with E-state index in [9.17, 15) is 9.46 Å². The Morgan fingerprint density at radius 3 is 1.96 bits per heavy atom. The molecule has 25 heavy (non-hydrogen) atoms. The maximum atomic E-state index is 12.2. The lowest BCUT2D eigenvalue weighted by Gasteiger charge is -2.33. The van der Waals surface area contributed by atoms with Gasteiger partial charge in [0.2, 0.25) is 0 Å². The second-order valence-corrected chi connectivity index (χ2v) is 8.89. The summed E-state index contributed by atoms with van der Waals surface area (Å²) in [5, 5.41) is 0. The molecule has 0 bridgehead atoms. The Morgan fingerprint density at radius 2 is 1.40 bits per heavy atom. The molecule has 0 saturated carbocycles. The van der Waals surface area contributed by atoms with E-state index in [1.54, 1.807) is 0 Å². The summed E-state index contributed by atoms with van der Waals surface area (Å²) in [7, 11) is -3.97. The first-order valence-electron chi connectivity index (χ1n) is 9.93. The third-order valence-electron chi connectivity index (χ3n) is 4.78. The van der Waals surface area contributed by atoms with Gasteiger partial charge in [-0.25, -0.2) is 4.57 Å². The van der Waals surface area contributed by atoms with Crippen LogP contribution in [0.25, 0.3) is 0 Å². The average Bonchev–Trinajstić information content (AvgIpc) is 2.49. The lowest BCUT2D eigenvalue weighted by molar-refractivity contribution is 0.00607. The molecule has 0 aromatic rings. The summed E-state index contributed by atoms with van der Waals surface area (Å²) in [6.07, 6.45) is 12.5. The molecule has 0 saturated heterocycles. The van der Waals surface area contributed by atoms with Gasteiger partial charge in [0.25, 0.3) is 0 Å². The van der Waals surface area contributed by atoms with E-state index in [-0.39, 0.29) is 12.1 Å². The van der Waals surface area contributed by atoms with Gasteiger partial charge in [0.1, 0.15) is 0 Å².